The zero-order valence-electron chi connectivity index (χ0n) is 10.2. The van der Waals surface area contributed by atoms with Crippen LogP contribution >= 0.6 is 0 Å². The standard InChI is InChI=1S/C12H22N4/c1-9-3-4-10(2)11(7-9)13-6-5-12-14-8-15-16-12/h8-11,13H,3-7H2,1-2H3,(H,14,15,16). The van der Waals surface area contributed by atoms with E-state index in [0.29, 0.717) is 6.04 Å². The first-order valence-corrected chi connectivity index (χ1v) is 6.33. The first-order valence-electron chi connectivity index (χ1n) is 6.33. The predicted molar refractivity (Wildman–Crippen MR) is 64.1 cm³/mol. The van der Waals surface area contributed by atoms with Gasteiger partial charge in [-0.3, -0.25) is 5.10 Å². The summed E-state index contributed by atoms with van der Waals surface area (Å²) in [4.78, 5) is 4.13. The molecule has 3 unspecified atom stereocenters. The number of hydrogen-bond acceptors (Lipinski definition) is 3. The van der Waals surface area contributed by atoms with Crippen LogP contribution in [0, 0.1) is 11.8 Å². The Hall–Kier alpha value is -0.900. The Balaban J connectivity index is 1.72. The molecule has 1 aliphatic rings. The largest absolute Gasteiger partial charge is 0.313 e. The van der Waals surface area contributed by atoms with Gasteiger partial charge in [-0.25, -0.2) is 4.98 Å². The van der Waals surface area contributed by atoms with Crippen LogP contribution in [-0.4, -0.2) is 27.8 Å². The van der Waals surface area contributed by atoms with E-state index >= 15 is 0 Å². The fourth-order valence-corrected chi connectivity index (χ4v) is 2.54. The maximum atomic E-state index is 4.13. The highest BCUT2D eigenvalue weighted by molar-refractivity contribution is 4.85. The van der Waals surface area contributed by atoms with Crippen LogP contribution in [0.5, 0.6) is 0 Å². The molecule has 0 bridgehead atoms. The van der Waals surface area contributed by atoms with E-state index in [1.165, 1.54) is 19.3 Å². The Bertz CT molecular complexity index is 296. The van der Waals surface area contributed by atoms with Gasteiger partial charge in [0.2, 0.25) is 0 Å². The minimum Gasteiger partial charge on any atom is -0.313 e. The lowest BCUT2D eigenvalue weighted by Crippen LogP contribution is -2.40. The Kier molecular flexibility index (Phi) is 3.93. The summed E-state index contributed by atoms with van der Waals surface area (Å²) in [5.74, 6) is 2.66. The van der Waals surface area contributed by atoms with Gasteiger partial charge in [-0.05, 0) is 24.7 Å². The third-order valence-corrected chi connectivity index (χ3v) is 3.69. The van der Waals surface area contributed by atoms with Crippen molar-refractivity contribution in [3.63, 3.8) is 0 Å². The highest BCUT2D eigenvalue weighted by atomic mass is 15.2. The van der Waals surface area contributed by atoms with Crippen LogP contribution in [0.2, 0.25) is 0 Å². The first-order chi connectivity index (χ1) is 7.75. The summed E-state index contributed by atoms with van der Waals surface area (Å²) in [5, 5.41) is 10.4. The van der Waals surface area contributed by atoms with Crippen molar-refractivity contribution in [1.82, 2.24) is 20.5 Å². The summed E-state index contributed by atoms with van der Waals surface area (Å²) in [7, 11) is 0. The number of aromatic nitrogens is 3. The molecule has 2 N–H and O–H groups in total. The Labute approximate surface area is 97.2 Å². The minimum absolute atomic E-state index is 0.687. The van der Waals surface area contributed by atoms with Gasteiger partial charge in [0.1, 0.15) is 12.2 Å². The van der Waals surface area contributed by atoms with Gasteiger partial charge in [-0.1, -0.05) is 20.3 Å². The van der Waals surface area contributed by atoms with Crippen LogP contribution in [0.3, 0.4) is 0 Å². The summed E-state index contributed by atoms with van der Waals surface area (Å²) >= 11 is 0. The topological polar surface area (TPSA) is 53.6 Å². The van der Waals surface area contributed by atoms with Crippen molar-refractivity contribution in [2.45, 2.75) is 45.6 Å². The quantitative estimate of drug-likeness (QED) is 0.816. The van der Waals surface area contributed by atoms with Crippen molar-refractivity contribution in [3.05, 3.63) is 12.2 Å². The molecule has 0 aliphatic heterocycles. The van der Waals surface area contributed by atoms with Crippen LogP contribution in [-0.2, 0) is 6.42 Å². The average Bonchev–Trinajstić information content (AvgIpc) is 2.76. The summed E-state index contributed by atoms with van der Waals surface area (Å²) in [6, 6.07) is 0.687. The highest BCUT2D eigenvalue weighted by Crippen LogP contribution is 2.28. The number of nitrogens with one attached hydrogen (secondary N) is 2. The average molecular weight is 222 g/mol. The molecule has 0 spiro atoms. The monoisotopic (exact) mass is 222 g/mol. The molecule has 1 aromatic rings. The third kappa shape index (κ3) is 3.04. The molecule has 1 aliphatic carbocycles. The Morgan fingerprint density at radius 3 is 3.06 bits per heavy atom. The molecular weight excluding hydrogens is 200 g/mol. The minimum atomic E-state index is 0.687. The van der Waals surface area contributed by atoms with Crippen molar-refractivity contribution in [2.75, 3.05) is 6.54 Å². The highest BCUT2D eigenvalue weighted by Gasteiger charge is 2.24. The van der Waals surface area contributed by atoms with Crippen LogP contribution in [0.4, 0.5) is 0 Å². The SMILES string of the molecule is CC1CCC(C)C(NCCc2ncn[nH]2)C1. The number of nitrogens with zero attached hydrogens (tertiary/aromatic N) is 2. The van der Waals surface area contributed by atoms with Gasteiger partial charge in [0.05, 0.1) is 0 Å². The number of hydrogen-bond donors (Lipinski definition) is 2. The summed E-state index contributed by atoms with van der Waals surface area (Å²) in [6.45, 7) is 5.71. The molecule has 1 fully saturated rings. The van der Waals surface area contributed by atoms with Gasteiger partial charge >= 0.3 is 0 Å². The molecule has 1 heterocycles. The van der Waals surface area contributed by atoms with Gasteiger partial charge in [0.25, 0.3) is 0 Å². The van der Waals surface area contributed by atoms with Gasteiger partial charge in [0, 0.05) is 19.0 Å². The molecule has 1 aromatic heterocycles. The van der Waals surface area contributed by atoms with E-state index in [-0.39, 0.29) is 0 Å². The maximum absolute atomic E-state index is 4.13. The Morgan fingerprint density at radius 1 is 1.44 bits per heavy atom. The molecule has 1 saturated carbocycles. The normalized spacial score (nSPS) is 30.5. The van der Waals surface area contributed by atoms with Crippen LogP contribution < -0.4 is 5.32 Å². The summed E-state index contributed by atoms with van der Waals surface area (Å²) < 4.78 is 0. The second kappa shape index (κ2) is 5.43. The van der Waals surface area contributed by atoms with Crippen molar-refractivity contribution >= 4 is 0 Å². The van der Waals surface area contributed by atoms with E-state index < -0.39 is 0 Å². The molecule has 4 nitrogen and oxygen atoms in total. The third-order valence-electron chi connectivity index (χ3n) is 3.69. The molecule has 0 aromatic carbocycles. The van der Waals surface area contributed by atoms with E-state index in [9.17, 15) is 0 Å². The van der Waals surface area contributed by atoms with E-state index in [4.69, 9.17) is 0 Å². The number of H-pyrrole nitrogens is 1. The van der Waals surface area contributed by atoms with Crippen LogP contribution in [0.15, 0.2) is 6.33 Å². The lowest BCUT2D eigenvalue weighted by molar-refractivity contribution is 0.229. The molecule has 2 rings (SSSR count). The zero-order valence-corrected chi connectivity index (χ0v) is 10.2. The number of rotatable bonds is 4. The maximum Gasteiger partial charge on any atom is 0.137 e. The Morgan fingerprint density at radius 2 is 2.31 bits per heavy atom. The van der Waals surface area contributed by atoms with Crippen LogP contribution in [0.1, 0.15) is 38.9 Å². The van der Waals surface area contributed by atoms with E-state index in [1.807, 2.05) is 0 Å². The molecule has 0 saturated heterocycles. The van der Waals surface area contributed by atoms with Crippen LogP contribution in [0.25, 0.3) is 0 Å². The van der Waals surface area contributed by atoms with Crippen molar-refractivity contribution in [3.8, 4) is 0 Å². The molecular formula is C12H22N4. The second-order valence-corrected chi connectivity index (χ2v) is 5.14. The lowest BCUT2D eigenvalue weighted by Gasteiger charge is -2.33. The van der Waals surface area contributed by atoms with Gasteiger partial charge in [-0.2, -0.15) is 5.10 Å². The fourth-order valence-electron chi connectivity index (χ4n) is 2.54. The lowest BCUT2D eigenvalue weighted by atomic mass is 9.80. The molecule has 0 radical (unpaired) electrons. The van der Waals surface area contributed by atoms with E-state index in [2.05, 4.69) is 34.3 Å². The molecule has 90 valence electrons. The van der Waals surface area contributed by atoms with E-state index in [0.717, 1.165) is 30.6 Å². The summed E-state index contributed by atoms with van der Waals surface area (Å²) in [6.07, 6.45) is 6.58. The molecule has 16 heavy (non-hydrogen) atoms. The smallest absolute Gasteiger partial charge is 0.137 e. The summed E-state index contributed by atoms with van der Waals surface area (Å²) in [5.41, 5.74) is 0. The van der Waals surface area contributed by atoms with Gasteiger partial charge in [-0.15, -0.1) is 0 Å². The van der Waals surface area contributed by atoms with E-state index in [1.54, 1.807) is 6.33 Å². The molecule has 4 heteroatoms. The predicted octanol–water partition coefficient (Wildman–Crippen LogP) is 1.76. The molecule has 3 atom stereocenters. The van der Waals surface area contributed by atoms with Gasteiger partial charge < -0.3 is 5.32 Å². The van der Waals surface area contributed by atoms with Crippen molar-refractivity contribution in [2.24, 2.45) is 11.8 Å². The number of aromatic amines is 1. The van der Waals surface area contributed by atoms with Crippen molar-refractivity contribution < 1.29 is 0 Å². The zero-order chi connectivity index (χ0) is 11.4. The fraction of sp³-hybridized carbons (Fsp3) is 0.833. The molecule has 0 amide bonds. The second-order valence-electron chi connectivity index (χ2n) is 5.14. The van der Waals surface area contributed by atoms with Crippen molar-refractivity contribution in [1.29, 1.82) is 0 Å². The van der Waals surface area contributed by atoms with Gasteiger partial charge in [0.15, 0.2) is 0 Å². The first kappa shape index (κ1) is 11.6.